The Morgan fingerprint density at radius 1 is 1.15 bits per heavy atom. The average molecular weight is 182 g/mol. The number of fused-ring (bicyclic) bond motifs is 1. The lowest BCUT2D eigenvalue weighted by molar-refractivity contribution is -0.159. The molecule has 3 heteroatoms. The predicted octanol–water partition coefficient (Wildman–Crippen LogP) is 0.840. The van der Waals surface area contributed by atoms with Crippen LogP contribution in [0.5, 0.6) is 0 Å². The fraction of sp³-hybridized carbons (Fsp3) is 0.800. The largest absolute Gasteiger partial charge is 0.381 e. The smallest absolute Gasteiger partial charge is 0.165 e. The van der Waals surface area contributed by atoms with Crippen LogP contribution in [0.4, 0.5) is 0 Å². The van der Waals surface area contributed by atoms with Crippen LogP contribution in [-0.2, 0) is 9.59 Å². The molecule has 0 unspecified atom stereocenters. The Balaban J connectivity index is 2.46. The molecule has 2 aliphatic carbocycles. The molecule has 3 nitrogen and oxygen atoms in total. The van der Waals surface area contributed by atoms with Gasteiger partial charge in [-0.25, -0.2) is 0 Å². The van der Waals surface area contributed by atoms with Crippen LogP contribution in [0.1, 0.15) is 39.0 Å². The van der Waals surface area contributed by atoms with E-state index in [0.717, 1.165) is 6.42 Å². The number of carbonyl (C=O) groups excluding carboxylic acids is 2. The zero-order valence-electron chi connectivity index (χ0n) is 7.80. The zero-order valence-corrected chi connectivity index (χ0v) is 7.80. The summed E-state index contributed by atoms with van der Waals surface area (Å²) in [7, 11) is 0. The van der Waals surface area contributed by atoms with E-state index in [0.29, 0.717) is 25.7 Å². The number of rotatable bonds is 0. The standard InChI is InChI=1S/C10H14O3/c1-9-5-2-3-8(12)10(9,13)6-4-7(9)11/h13H,2-6H2,1H3/t9-,10+/m1/s1. The minimum atomic E-state index is -1.33. The number of hydrogen-bond acceptors (Lipinski definition) is 3. The van der Waals surface area contributed by atoms with Gasteiger partial charge in [-0.1, -0.05) is 0 Å². The normalized spacial score (nSPS) is 45.1. The SMILES string of the molecule is C[C@]12CCCC(=O)[C@@]1(O)CCC2=O. The van der Waals surface area contributed by atoms with Crippen LogP contribution in [0.25, 0.3) is 0 Å². The lowest BCUT2D eigenvalue weighted by Crippen LogP contribution is -2.54. The molecule has 0 bridgehead atoms. The Hall–Kier alpha value is -0.700. The third-order valence-electron chi connectivity index (χ3n) is 3.78. The highest BCUT2D eigenvalue weighted by atomic mass is 16.3. The molecule has 0 amide bonds. The zero-order chi connectivity index (χ0) is 9.69. The molecule has 0 aliphatic heterocycles. The summed E-state index contributed by atoms with van der Waals surface area (Å²) < 4.78 is 0. The van der Waals surface area contributed by atoms with Gasteiger partial charge in [0, 0.05) is 12.8 Å². The summed E-state index contributed by atoms with van der Waals surface area (Å²) in [6.45, 7) is 1.74. The second-order valence-electron chi connectivity index (χ2n) is 4.39. The molecule has 0 radical (unpaired) electrons. The predicted molar refractivity (Wildman–Crippen MR) is 46.2 cm³/mol. The first-order valence-electron chi connectivity index (χ1n) is 4.80. The van der Waals surface area contributed by atoms with Gasteiger partial charge in [0.15, 0.2) is 5.78 Å². The minimum absolute atomic E-state index is 0.0584. The van der Waals surface area contributed by atoms with E-state index in [9.17, 15) is 14.7 Å². The monoisotopic (exact) mass is 182 g/mol. The maximum Gasteiger partial charge on any atom is 0.165 e. The molecule has 13 heavy (non-hydrogen) atoms. The summed E-state index contributed by atoms with van der Waals surface area (Å²) in [5.41, 5.74) is -2.11. The average Bonchev–Trinajstić information content (AvgIpc) is 2.31. The lowest BCUT2D eigenvalue weighted by Gasteiger charge is -2.40. The molecule has 72 valence electrons. The van der Waals surface area contributed by atoms with Crippen molar-refractivity contribution >= 4 is 11.6 Å². The van der Waals surface area contributed by atoms with Crippen LogP contribution in [0.15, 0.2) is 0 Å². The molecule has 2 saturated carbocycles. The first-order valence-corrected chi connectivity index (χ1v) is 4.80. The second kappa shape index (κ2) is 2.41. The van der Waals surface area contributed by atoms with E-state index in [4.69, 9.17) is 0 Å². The van der Waals surface area contributed by atoms with E-state index in [-0.39, 0.29) is 11.6 Å². The fourth-order valence-electron chi connectivity index (χ4n) is 2.68. The summed E-state index contributed by atoms with van der Waals surface area (Å²) in [6.07, 6.45) is 2.52. The molecule has 2 aliphatic rings. The van der Waals surface area contributed by atoms with Gasteiger partial charge in [-0.15, -0.1) is 0 Å². The third kappa shape index (κ3) is 0.881. The summed E-state index contributed by atoms with van der Waals surface area (Å²) in [4.78, 5) is 23.1. The van der Waals surface area contributed by atoms with Crippen LogP contribution in [-0.4, -0.2) is 22.3 Å². The number of hydrogen-bond donors (Lipinski definition) is 1. The summed E-state index contributed by atoms with van der Waals surface area (Å²) in [6, 6.07) is 0. The van der Waals surface area contributed by atoms with E-state index in [1.54, 1.807) is 6.92 Å². The van der Waals surface area contributed by atoms with Crippen LogP contribution in [0.3, 0.4) is 0 Å². The minimum Gasteiger partial charge on any atom is -0.381 e. The van der Waals surface area contributed by atoms with Gasteiger partial charge in [0.05, 0.1) is 5.41 Å². The Morgan fingerprint density at radius 3 is 2.46 bits per heavy atom. The Kier molecular flexibility index (Phi) is 1.65. The molecule has 0 aromatic heterocycles. The summed E-state index contributed by atoms with van der Waals surface area (Å²) >= 11 is 0. The number of Topliss-reactive ketones (excluding diaryl/α,β-unsaturated/α-hetero) is 2. The van der Waals surface area contributed by atoms with Crippen molar-refractivity contribution in [1.82, 2.24) is 0 Å². The summed E-state index contributed by atoms with van der Waals surface area (Å²) in [5.74, 6) is -0.0739. The van der Waals surface area contributed by atoms with Crippen molar-refractivity contribution in [2.75, 3.05) is 0 Å². The molecule has 0 aromatic carbocycles. The highest BCUT2D eigenvalue weighted by Gasteiger charge is 2.61. The van der Waals surface area contributed by atoms with E-state index in [2.05, 4.69) is 0 Å². The van der Waals surface area contributed by atoms with Crippen molar-refractivity contribution in [2.24, 2.45) is 5.41 Å². The molecule has 0 saturated heterocycles. The highest BCUT2D eigenvalue weighted by molar-refractivity contribution is 6.01. The quantitative estimate of drug-likeness (QED) is 0.604. The Morgan fingerprint density at radius 2 is 1.85 bits per heavy atom. The first-order chi connectivity index (χ1) is 6.01. The van der Waals surface area contributed by atoms with Crippen LogP contribution in [0.2, 0.25) is 0 Å². The summed E-state index contributed by atoms with van der Waals surface area (Å²) in [5, 5.41) is 10.1. The Bertz CT molecular complexity index is 282. The first kappa shape index (κ1) is 8.88. The lowest BCUT2D eigenvalue weighted by atomic mass is 9.65. The maximum atomic E-state index is 11.6. The Labute approximate surface area is 77.1 Å². The van der Waals surface area contributed by atoms with E-state index >= 15 is 0 Å². The van der Waals surface area contributed by atoms with Gasteiger partial charge in [0.2, 0.25) is 0 Å². The molecule has 2 rings (SSSR count). The van der Waals surface area contributed by atoms with Gasteiger partial charge in [0.25, 0.3) is 0 Å². The van der Waals surface area contributed by atoms with E-state index in [1.807, 2.05) is 0 Å². The third-order valence-corrected chi connectivity index (χ3v) is 3.78. The van der Waals surface area contributed by atoms with Gasteiger partial charge in [-0.3, -0.25) is 9.59 Å². The van der Waals surface area contributed by atoms with Crippen molar-refractivity contribution < 1.29 is 14.7 Å². The van der Waals surface area contributed by atoms with Crippen molar-refractivity contribution in [3.63, 3.8) is 0 Å². The molecular weight excluding hydrogens is 168 g/mol. The van der Waals surface area contributed by atoms with Gasteiger partial charge in [-0.05, 0) is 26.2 Å². The van der Waals surface area contributed by atoms with E-state index < -0.39 is 11.0 Å². The van der Waals surface area contributed by atoms with Gasteiger partial charge >= 0.3 is 0 Å². The number of aliphatic hydroxyl groups is 1. The second-order valence-corrected chi connectivity index (χ2v) is 4.39. The van der Waals surface area contributed by atoms with Crippen LogP contribution in [0, 0.1) is 5.41 Å². The van der Waals surface area contributed by atoms with Gasteiger partial charge < -0.3 is 5.11 Å². The molecule has 0 spiro atoms. The molecule has 2 atom stereocenters. The van der Waals surface area contributed by atoms with Gasteiger partial charge in [0.1, 0.15) is 11.4 Å². The van der Waals surface area contributed by atoms with Crippen molar-refractivity contribution in [1.29, 1.82) is 0 Å². The number of ketones is 2. The number of carbonyl (C=O) groups is 2. The topological polar surface area (TPSA) is 54.4 Å². The molecule has 0 heterocycles. The molecule has 1 N–H and O–H groups in total. The maximum absolute atomic E-state index is 11.6. The van der Waals surface area contributed by atoms with E-state index in [1.165, 1.54) is 0 Å². The van der Waals surface area contributed by atoms with Crippen LogP contribution < -0.4 is 0 Å². The van der Waals surface area contributed by atoms with Crippen molar-refractivity contribution in [3.05, 3.63) is 0 Å². The highest BCUT2D eigenvalue weighted by Crippen LogP contribution is 2.50. The van der Waals surface area contributed by atoms with Gasteiger partial charge in [-0.2, -0.15) is 0 Å². The molecular formula is C10H14O3. The molecule has 0 aromatic rings. The van der Waals surface area contributed by atoms with Crippen molar-refractivity contribution in [3.8, 4) is 0 Å². The fourth-order valence-corrected chi connectivity index (χ4v) is 2.68. The molecule has 2 fully saturated rings. The van der Waals surface area contributed by atoms with Crippen molar-refractivity contribution in [2.45, 2.75) is 44.6 Å². The van der Waals surface area contributed by atoms with Crippen LogP contribution >= 0.6 is 0 Å².